The van der Waals surface area contributed by atoms with E-state index in [1.54, 1.807) is 18.3 Å². The summed E-state index contributed by atoms with van der Waals surface area (Å²) >= 11 is 1.51. The Morgan fingerprint density at radius 3 is 2.50 bits per heavy atom. The summed E-state index contributed by atoms with van der Waals surface area (Å²) in [5.74, 6) is -0.501. The van der Waals surface area contributed by atoms with Crippen molar-refractivity contribution in [2.45, 2.75) is 18.7 Å². The summed E-state index contributed by atoms with van der Waals surface area (Å²) in [7, 11) is -2.34. The van der Waals surface area contributed by atoms with Crippen molar-refractivity contribution in [1.82, 2.24) is 9.73 Å². The number of hydrazone groups is 1. The molecule has 128 valence electrons. The van der Waals surface area contributed by atoms with Gasteiger partial charge in [0.2, 0.25) is 10.0 Å². The van der Waals surface area contributed by atoms with Gasteiger partial charge < -0.3 is 0 Å². The van der Waals surface area contributed by atoms with Crippen LogP contribution in [0.1, 0.15) is 16.0 Å². The molecule has 0 spiro atoms. The summed E-state index contributed by atoms with van der Waals surface area (Å²) in [6, 6.07) is 8.44. The molecule has 1 heterocycles. The van der Waals surface area contributed by atoms with Crippen LogP contribution in [0.2, 0.25) is 0 Å². The minimum Gasteiger partial charge on any atom is -0.272 e. The Labute approximate surface area is 145 Å². The Hall–Kier alpha value is -2.03. The van der Waals surface area contributed by atoms with Crippen LogP contribution in [-0.4, -0.2) is 38.4 Å². The van der Waals surface area contributed by atoms with Gasteiger partial charge in [-0.15, -0.1) is 11.3 Å². The summed E-state index contributed by atoms with van der Waals surface area (Å²) < 4.78 is 25.8. The lowest BCUT2D eigenvalue weighted by molar-refractivity contribution is -0.121. The number of rotatable bonds is 6. The molecule has 24 heavy (non-hydrogen) atoms. The molecule has 1 aromatic heterocycles. The van der Waals surface area contributed by atoms with E-state index in [9.17, 15) is 13.2 Å². The lowest BCUT2D eigenvalue weighted by atomic mass is 10.2. The molecule has 0 saturated carbocycles. The van der Waals surface area contributed by atoms with Crippen molar-refractivity contribution in [1.29, 1.82) is 0 Å². The van der Waals surface area contributed by atoms with E-state index in [2.05, 4.69) is 10.5 Å². The van der Waals surface area contributed by atoms with Crippen molar-refractivity contribution in [3.8, 4) is 0 Å². The van der Waals surface area contributed by atoms with Gasteiger partial charge in [-0.1, -0.05) is 17.7 Å². The third kappa shape index (κ3) is 4.50. The van der Waals surface area contributed by atoms with Crippen molar-refractivity contribution < 1.29 is 13.2 Å². The number of hydrogen-bond acceptors (Lipinski definition) is 5. The van der Waals surface area contributed by atoms with Gasteiger partial charge in [-0.25, -0.2) is 13.8 Å². The molecule has 8 heteroatoms. The fourth-order valence-electron chi connectivity index (χ4n) is 1.89. The summed E-state index contributed by atoms with van der Waals surface area (Å²) in [5.41, 5.74) is 4.37. The number of carbonyl (C=O) groups excluding carboxylic acids is 1. The minimum absolute atomic E-state index is 0.154. The molecule has 2 rings (SSSR count). The van der Waals surface area contributed by atoms with Crippen LogP contribution >= 0.6 is 11.3 Å². The zero-order chi connectivity index (χ0) is 17.7. The number of sulfonamides is 1. The first-order valence-corrected chi connectivity index (χ1v) is 9.51. The number of carbonyl (C=O) groups is 1. The molecule has 0 unspecified atom stereocenters. The predicted octanol–water partition coefficient (Wildman–Crippen LogP) is 2.14. The van der Waals surface area contributed by atoms with Crippen LogP contribution in [0.4, 0.5) is 0 Å². The van der Waals surface area contributed by atoms with Crippen LogP contribution in [0, 0.1) is 13.8 Å². The molecule has 0 bridgehead atoms. The van der Waals surface area contributed by atoms with Crippen LogP contribution < -0.4 is 5.43 Å². The average Bonchev–Trinajstić information content (AvgIpc) is 2.93. The maximum Gasteiger partial charge on any atom is 0.255 e. The van der Waals surface area contributed by atoms with Crippen molar-refractivity contribution in [2.75, 3.05) is 13.6 Å². The molecule has 0 saturated heterocycles. The molecule has 0 aliphatic rings. The second-order valence-electron chi connectivity index (χ2n) is 5.34. The Morgan fingerprint density at radius 1 is 1.25 bits per heavy atom. The summed E-state index contributed by atoms with van der Waals surface area (Å²) in [5, 5.41) is 5.79. The molecule has 0 fully saturated rings. The number of thiophene rings is 1. The highest BCUT2D eigenvalue weighted by atomic mass is 32.2. The van der Waals surface area contributed by atoms with Crippen LogP contribution in [-0.2, 0) is 14.8 Å². The first kappa shape index (κ1) is 18.3. The van der Waals surface area contributed by atoms with Gasteiger partial charge in [-0.05, 0) is 43.0 Å². The summed E-state index contributed by atoms with van der Waals surface area (Å²) in [6.45, 7) is 3.51. The van der Waals surface area contributed by atoms with Crippen molar-refractivity contribution in [2.24, 2.45) is 5.10 Å². The van der Waals surface area contributed by atoms with Gasteiger partial charge in [0.1, 0.15) is 0 Å². The van der Waals surface area contributed by atoms with Crippen molar-refractivity contribution in [3.63, 3.8) is 0 Å². The molecule has 0 atom stereocenters. The van der Waals surface area contributed by atoms with E-state index in [1.165, 1.54) is 30.5 Å². The molecule has 6 nitrogen and oxygen atoms in total. The summed E-state index contributed by atoms with van der Waals surface area (Å²) in [6.07, 6.45) is 1.55. The van der Waals surface area contributed by atoms with Crippen LogP contribution in [0.25, 0.3) is 0 Å². The number of aryl methyl sites for hydroxylation is 2. The maximum atomic E-state index is 12.4. The molecule has 1 N–H and O–H groups in total. The van der Waals surface area contributed by atoms with E-state index in [4.69, 9.17) is 0 Å². The second-order valence-corrected chi connectivity index (χ2v) is 8.33. The second kappa shape index (κ2) is 7.69. The smallest absolute Gasteiger partial charge is 0.255 e. The fraction of sp³-hybridized carbons (Fsp3) is 0.250. The molecule has 0 aliphatic carbocycles. The average molecular weight is 365 g/mol. The Bertz CT molecular complexity index is 840. The molecular formula is C16H19N3O3S2. The number of likely N-dealkylation sites (N-methyl/N-ethyl adjacent to an activating group) is 1. The predicted molar refractivity (Wildman–Crippen MR) is 95.8 cm³/mol. The Morgan fingerprint density at radius 2 is 1.92 bits per heavy atom. The zero-order valence-electron chi connectivity index (χ0n) is 13.7. The van der Waals surface area contributed by atoms with Crippen LogP contribution in [0.3, 0.4) is 0 Å². The highest BCUT2D eigenvalue weighted by molar-refractivity contribution is 7.89. The molecule has 0 aliphatic heterocycles. The van der Waals surface area contributed by atoms with Gasteiger partial charge in [0.05, 0.1) is 17.7 Å². The van der Waals surface area contributed by atoms with Gasteiger partial charge in [0, 0.05) is 11.9 Å². The van der Waals surface area contributed by atoms with Gasteiger partial charge >= 0.3 is 0 Å². The fourth-order valence-corrected chi connectivity index (χ4v) is 3.81. The van der Waals surface area contributed by atoms with Crippen LogP contribution in [0.5, 0.6) is 0 Å². The zero-order valence-corrected chi connectivity index (χ0v) is 15.3. The first-order chi connectivity index (χ1) is 11.3. The minimum atomic E-state index is -3.70. The monoisotopic (exact) mass is 365 g/mol. The molecular weight excluding hydrogens is 346 g/mol. The van der Waals surface area contributed by atoms with Crippen molar-refractivity contribution in [3.05, 3.63) is 51.7 Å². The van der Waals surface area contributed by atoms with E-state index in [-0.39, 0.29) is 11.4 Å². The van der Waals surface area contributed by atoms with Gasteiger partial charge in [0.15, 0.2) is 0 Å². The highest BCUT2D eigenvalue weighted by Gasteiger charge is 2.22. The Balaban J connectivity index is 1.96. The van der Waals surface area contributed by atoms with E-state index < -0.39 is 15.9 Å². The van der Waals surface area contributed by atoms with Crippen LogP contribution in [0.15, 0.2) is 45.7 Å². The van der Waals surface area contributed by atoms with Gasteiger partial charge in [-0.2, -0.15) is 9.41 Å². The lowest BCUT2D eigenvalue weighted by Gasteiger charge is -2.16. The van der Waals surface area contributed by atoms with Gasteiger partial charge in [-0.3, -0.25) is 4.79 Å². The molecule has 0 radical (unpaired) electrons. The maximum absolute atomic E-state index is 12.4. The lowest BCUT2D eigenvalue weighted by Crippen LogP contribution is -2.36. The quantitative estimate of drug-likeness (QED) is 0.629. The normalized spacial score (nSPS) is 12.0. The number of amides is 1. The number of nitrogens with one attached hydrogen (secondary N) is 1. The molecule has 1 aromatic carbocycles. The third-order valence-corrected chi connectivity index (χ3v) is 6.14. The standard InChI is InChI=1S/C16H19N3O3S2/c1-12-4-6-14(7-5-12)24(21,22)19(3)11-16(20)18-17-10-15-13(2)8-9-23-15/h4-10H,11H2,1-3H3,(H,18,20)/b17-10+. The number of hydrogen-bond donors (Lipinski definition) is 1. The first-order valence-electron chi connectivity index (χ1n) is 7.19. The van der Waals surface area contributed by atoms with Gasteiger partial charge in [0.25, 0.3) is 5.91 Å². The van der Waals surface area contributed by atoms with E-state index in [0.717, 1.165) is 20.3 Å². The summed E-state index contributed by atoms with van der Waals surface area (Å²) in [4.78, 5) is 13.0. The molecule has 1 amide bonds. The number of nitrogens with zero attached hydrogens (tertiary/aromatic N) is 2. The van der Waals surface area contributed by atoms with E-state index in [0.29, 0.717) is 0 Å². The van der Waals surface area contributed by atoms with E-state index in [1.807, 2.05) is 25.3 Å². The Kier molecular flexibility index (Phi) is 5.87. The number of benzene rings is 1. The largest absolute Gasteiger partial charge is 0.272 e. The van der Waals surface area contributed by atoms with E-state index >= 15 is 0 Å². The molecule has 2 aromatic rings. The van der Waals surface area contributed by atoms with Crippen molar-refractivity contribution >= 4 is 33.5 Å². The highest BCUT2D eigenvalue weighted by Crippen LogP contribution is 2.15. The third-order valence-electron chi connectivity index (χ3n) is 3.37. The topological polar surface area (TPSA) is 78.8 Å². The SMILES string of the molecule is Cc1ccc(S(=O)(=O)N(C)CC(=O)N/N=C/c2sccc2C)cc1.